The average molecular weight is 794 g/mol. The number of piperidine rings is 2. The van der Waals surface area contributed by atoms with Gasteiger partial charge in [0.05, 0.1) is 17.2 Å². The monoisotopic (exact) mass is 793 g/mol. The topological polar surface area (TPSA) is 191 Å². The fourth-order valence-electron chi connectivity index (χ4n) is 9.57. The van der Waals surface area contributed by atoms with Gasteiger partial charge in [-0.3, -0.25) is 48.4 Å². The number of nitrogens with zero attached hydrogens (tertiary/aromatic N) is 8. The van der Waals surface area contributed by atoms with Crippen molar-refractivity contribution in [2.45, 2.75) is 62.7 Å². The summed E-state index contributed by atoms with van der Waals surface area (Å²) >= 11 is 0. The Kier molecular flexibility index (Phi) is 9.17. The lowest BCUT2D eigenvalue weighted by atomic mass is 9.97. The van der Waals surface area contributed by atoms with Crippen molar-refractivity contribution in [1.29, 1.82) is 0 Å². The number of fused-ring (bicyclic) bond motifs is 2. The lowest BCUT2D eigenvalue weighted by molar-refractivity contribution is -0.136. The predicted molar refractivity (Wildman–Crippen MR) is 217 cm³/mol. The molecule has 8 heterocycles. The number of carbonyl (C=O) groups excluding carboxylic acids is 5. The maximum Gasteiger partial charge on any atom is 0.262 e. The Labute approximate surface area is 339 Å². The molecule has 5 amide bonds. The summed E-state index contributed by atoms with van der Waals surface area (Å²) in [6.07, 6.45) is 9.67. The molecule has 16 heteroatoms. The number of carbonyl (C=O) groups is 5. The number of hydrogen-bond donors (Lipinski definition) is 3. The minimum atomic E-state index is -0.979. The summed E-state index contributed by atoms with van der Waals surface area (Å²) in [5, 5.41) is 5.08. The second-order valence-electron chi connectivity index (χ2n) is 16.0. The molecular formula is C43H43N11O5. The molecule has 5 aromatic rings. The van der Waals surface area contributed by atoms with Crippen LogP contribution in [-0.2, 0) is 9.59 Å². The van der Waals surface area contributed by atoms with Gasteiger partial charge in [-0.05, 0) is 81.1 Å². The summed E-state index contributed by atoms with van der Waals surface area (Å²) in [6, 6.07) is 18.0. The zero-order chi connectivity index (χ0) is 40.4. The van der Waals surface area contributed by atoms with Crippen LogP contribution < -0.4 is 21.3 Å². The Morgan fingerprint density at radius 1 is 0.814 bits per heavy atom. The van der Waals surface area contributed by atoms with Crippen molar-refractivity contribution < 1.29 is 24.0 Å². The number of rotatable bonds is 8. The summed E-state index contributed by atoms with van der Waals surface area (Å²) in [4.78, 5) is 85.9. The number of aromatic nitrogens is 4. The van der Waals surface area contributed by atoms with Crippen LogP contribution in [0.25, 0.3) is 16.8 Å². The summed E-state index contributed by atoms with van der Waals surface area (Å²) in [6.45, 7) is 4.61. The van der Waals surface area contributed by atoms with Crippen LogP contribution in [0.2, 0.25) is 0 Å². The zero-order valence-electron chi connectivity index (χ0n) is 32.3. The van der Waals surface area contributed by atoms with E-state index in [0.717, 1.165) is 91.6 Å². The van der Waals surface area contributed by atoms with E-state index in [1.807, 2.05) is 30.5 Å². The van der Waals surface area contributed by atoms with Gasteiger partial charge in [-0.2, -0.15) is 0 Å². The van der Waals surface area contributed by atoms with Crippen molar-refractivity contribution >= 4 is 52.4 Å². The number of nitrogens with two attached hydrogens (primary N) is 1. The number of pyridine rings is 1. The van der Waals surface area contributed by atoms with Gasteiger partial charge < -0.3 is 16.0 Å². The molecule has 5 aliphatic rings. The highest BCUT2D eigenvalue weighted by Crippen LogP contribution is 2.40. The summed E-state index contributed by atoms with van der Waals surface area (Å²) in [5.74, 6) is -0.389. The van der Waals surface area contributed by atoms with Gasteiger partial charge in [0.15, 0.2) is 0 Å². The van der Waals surface area contributed by atoms with Crippen LogP contribution in [0.3, 0.4) is 0 Å². The van der Waals surface area contributed by atoms with Crippen LogP contribution in [-0.4, -0.2) is 114 Å². The number of imide groups is 2. The number of amides is 5. The number of hydrogen-bond acceptors (Lipinski definition) is 12. The van der Waals surface area contributed by atoms with Crippen molar-refractivity contribution in [1.82, 2.24) is 39.4 Å². The highest BCUT2D eigenvalue weighted by molar-refractivity contribution is 6.23. The second kappa shape index (κ2) is 14.7. The van der Waals surface area contributed by atoms with E-state index in [9.17, 15) is 24.0 Å². The van der Waals surface area contributed by atoms with Crippen LogP contribution in [0.15, 0.2) is 79.3 Å². The van der Waals surface area contributed by atoms with Crippen molar-refractivity contribution in [3.05, 3.63) is 102 Å². The summed E-state index contributed by atoms with van der Waals surface area (Å²) < 4.78 is 2.09. The average Bonchev–Trinajstić information content (AvgIpc) is 3.93. The quantitative estimate of drug-likeness (QED) is 0.194. The van der Waals surface area contributed by atoms with E-state index in [4.69, 9.17) is 10.7 Å². The number of nitrogen functional groups attached to an aromatic ring is 1. The molecule has 0 spiro atoms. The molecule has 0 aliphatic carbocycles. The molecule has 4 saturated heterocycles. The molecule has 10 rings (SSSR count). The smallest absolute Gasteiger partial charge is 0.262 e. The first-order chi connectivity index (χ1) is 28.7. The minimum absolute atomic E-state index is 0.0881. The predicted octanol–water partition coefficient (Wildman–Crippen LogP) is 3.52. The standard InChI is InChI=1S/C43H43N11O5/c44-38-37-36(25-6-8-26(9-7-25)40(56)47-34-5-1-2-16-45-34)49-39(53(37)21-17-46-38)32-4-3-18-52(32)27-14-19-50(20-15-27)29-23-51(24-29)28-10-11-30-31(22-28)43(59)54(42(30)58)33-12-13-35(55)48-41(33)57/h1-2,5-11,16-17,21-22,27,29,32-33H,3-4,12-15,18-20,23-24H2,(H2,44,46)(H,45,47,56)(H,48,55,57). The number of anilines is 3. The summed E-state index contributed by atoms with van der Waals surface area (Å²) in [5.41, 5.74) is 10.9. The molecule has 0 radical (unpaired) electrons. The molecule has 4 fully saturated rings. The maximum absolute atomic E-state index is 13.4. The van der Waals surface area contributed by atoms with E-state index >= 15 is 0 Å². The van der Waals surface area contributed by atoms with Crippen molar-refractivity contribution in [3.8, 4) is 11.3 Å². The van der Waals surface area contributed by atoms with Crippen LogP contribution in [0, 0.1) is 0 Å². The molecule has 2 aromatic carbocycles. The largest absolute Gasteiger partial charge is 0.382 e. The molecule has 0 bridgehead atoms. The van der Waals surface area contributed by atoms with Crippen molar-refractivity contribution in [2.24, 2.45) is 0 Å². The van der Waals surface area contributed by atoms with Gasteiger partial charge in [-0.15, -0.1) is 0 Å². The van der Waals surface area contributed by atoms with E-state index in [2.05, 4.69) is 39.7 Å². The molecule has 4 N–H and O–H groups in total. The molecule has 2 unspecified atom stereocenters. The molecule has 16 nitrogen and oxygen atoms in total. The van der Waals surface area contributed by atoms with E-state index in [-0.39, 0.29) is 24.8 Å². The van der Waals surface area contributed by atoms with Crippen LogP contribution in [0.1, 0.15) is 81.5 Å². The van der Waals surface area contributed by atoms with E-state index in [1.165, 1.54) is 0 Å². The number of benzene rings is 2. The third-order valence-electron chi connectivity index (χ3n) is 12.7. The molecule has 2 atom stereocenters. The number of imidazole rings is 1. The molecule has 59 heavy (non-hydrogen) atoms. The fourth-order valence-corrected chi connectivity index (χ4v) is 9.57. The Hall–Kier alpha value is -6.52. The molecule has 0 saturated carbocycles. The lowest BCUT2D eigenvalue weighted by Crippen LogP contribution is -2.62. The molecule has 300 valence electrons. The number of nitrogens with one attached hydrogen (secondary N) is 2. The fraction of sp³-hybridized carbons (Fsp3) is 0.349. The first-order valence-corrected chi connectivity index (χ1v) is 20.3. The van der Waals surface area contributed by atoms with Gasteiger partial charge in [0, 0.05) is 80.1 Å². The third-order valence-corrected chi connectivity index (χ3v) is 12.7. The Morgan fingerprint density at radius 2 is 1.61 bits per heavy atom. The van der Waals surface area contributed by atoms with Crippen molar-refractivity contribution in [3.63, 3.8) is 0 Å². The Balaban J connectivity index is 0.786. The highest BCUT2D eigenvalue weighted by atomic mass is 16.2. The zero-order valence-corrected chi connectivity index (χ0v) is 32.3. The van der Waals surface area contributed by atoms with Gasteiger partial charge in [-0.1, -0.05) is 18.2 Å². The van der Waals surface area contributed by atoms with E-state index < -0.39 is 29.7 Å². The first-order valence-electron chi connectivity index (χ1n) is 20.3. The Morgan fingerprint density at radius 3 is 2.37 bits per heavy atom. The SMILES string of the molecule is Nc1nccn2c(C3CCCN3C3CCN(C4CN(c5ccc6c(c5)C(=O)N(C5CCC(=O)NC5=O)C6=O)C4)CC3)nc(-c3ccc(C(=O)Nc4ccccn4)cc3)c12. The number of likely N-dealkylation sites (tertiary alicyclic amines) is 2. The minimum Gasteiger partial charge on any atom is -0.382 e. The summed E-state index contributed by atoms with van der Waals surface area (Å²) in [7, 11) is 0. The van der Waals surface area contributed by atoms with Crippen LogP contribution in [0.5, 0.6) is 0 Å². The second-order valence-corrected chi connectivity index (χ2v) is 16.0. The molecular weight excluding hydrogens is 751 g/mol. The van der Waals surface area contributed by atoms with Crippen molar-refractivity contribution in [2.75, 3.05) is 48.7 Å². The van der Waals surface area contributed by atoms with Gasteiger partial charge in [-0.25, -0.2) is 15.0 Å². The van der Waals surface area contributed by atoms with E-state index in [1.54, 1.807) is 48.8 Å². The lowest BCUT2D eigenvalue weighted by Gasteiger charge is -2.49. The normalized spacial score (nSPS) is 21.9. The van der Waals surface area contributed by atoms with Gasteiger partial charge in [0.25, 0.3) is 17.7 Å². The first kappa shape index (κ1) is 36.8. The highest BCUT2D eigenvalue weighted by Gasteiger charge is 2.45. The molecule has 3 aromatic heterocycles. The van der Waals surface area contributed by atoms with E-state index in [0.29, 0.717) is 40.4 Å². The van der Waals surface area contributed by atoms with Crippen LogP contribution >= 0.6 is 0 Å². The third kappa shape index (κ3) is 6.48. The Bertz CT molecular complexity index is 2510. The van der Waals surface area contributed by atoms with Gasteiger partial charge in [0.2, 0.25) is 11.8 Å². The van der Waals surface area contributed by atoms with Gasteiger partial charge >= 0.3 is 0 Å². The maximum atomic E-state index is 13.4. The molecule has 5 aliphatic heterocycles. The van der Waals surface area contributed by atoms with Gasteiger partial charge in [0.1, 0.15) is 34.7 Å². The van der Waals surface area contributed by atoms with Crippen LogP contribution in [0.4, 0.5) is 17.3 Å².